The molecular formula is C21H25FN2O4. The van der Waals surface area contributed by atoms with E-state index in [-0.39, 0.29) is 24.8 Å². The zero-order chi connectivity index (χ0) is 20.5. The first-order valence-electron chi connectivity index (χ1n) is 9.01. The molecule has 2 rings (SSSR count). The number of likely N-dealkylation sites (N-methyl/N-ethyl adjacent to an activating group) is 1. The van der Waals surface area contributed by atoms with Crippen LogP contribution in [0.1, 0.15) is 18.9 Å². The number of carbonyl (C=O) groups excluding carboxylic acids is 2. The molecule has 0 spiro atoms. The third-order valence-electron chi connectivity index (χ3n) is 4.31. The third-order valence-corrected chi connectivity index (χ3v) is 4.31. The van der Waals surface area contributed by atoms with Gasteiger partial charge in [-0.15, -0.1) is 0 Å². The lowest BCUT2D eigenvalue weighted by atomic mass is 10.1. The van der Waals surface area contributed by atoms with Gasteiger partial charge in [0.2, 0.25) is 5.91 Å². The van der Waals surface area contributed by atoms with Crippen LogP contribution in [0.25, 0.3) is 0 Å². The number of ether oxygens (including phenoxy) is 2. The number of methoxy groups -OCH3 is 1. The van der Waals surface area contributed by atoms with Crippen LogP contribution < -0.4 is 14.8 Å². The standard InChI is InChI=1S/C21H25FN2O4/c1-4-18(21(26)23-2)24(13-15-8-7-9-16(12-15)27-3)20(25)14-28-19-11-6-5-10-17(19)22/h5-12,18H,4,13-14H2,1-3H3,(H,23,26)/t18-/m0/s1. The predicted octanol–water partition coefficient (Wildman–Crippen LogP) is 2.77. The van der Waals surface area contributed by atoms with Crippen molar-refractivity contribution in [2.24, 2.45) is 0 Å². The van der Waals surface area contributed by atoms with Crippen LogP contribution in [0, 0.1) is 5.82 Å². The van der Waals surface area contributed by atoms with E-state index in [0.717, 1.165) is 5.56 Å². The summed E-state index contributed by atoms with van der Waals surface area (Å²) in [5.41, 5.74) is 0.806. The van der Waals surface area contributed by atoms with Gasteiger partial charge in [0.05, 0.1) is 7.11 Å². The van der Waals surface area contributed by atoms with Crippen LogP contribution in [0.5, 0.6) is 11.5 Å². The van der Waals surface area contributed by atoms with Gasteiger partial charge in [-0.2, -0.15) is 0 Å². The number of carbonyl (C=O) groups is 2. The molecule has 28 heavy (non-hydrogen) atoms. The van der Waals surface area contributed by atoms with E-state index < -0.39 is 17.8 Å². The molecule has 150 valence electrons. The number of benzene rings is 2. The average Bonchev–Trinajstić information content (AvgIpc) is 2.72. The topological polar surface area (TPSA) is 67.9 Å². The molecule has 2 aromatic carbocycles. The van der Waals surface area contributed by atoms with Gasteiger partial charge < -0.3 is 19.7 Å². The van der Waals surface area contributed by atoms with Gasteiger partial charge in [-0.25, -0.2) is 4.39 Å². The number of nitrogens with zero attached hydrogens (tertiary/aromatic N) is 1. The SMILES string of the molecule is CC[C@@H](C(=O)NC)N(Cc1cccc(OC)c1)C(=O)COc1ccccc1F. The number of nitrogens with one attached hydrogen (secondary N) is 1. The van der Waals surface area contributed by atoms with E-state index in [2.05, 4.69) is 5.32 Å². The van der Waals surface area contributed by atoms with E-state index in [1.807, 2.05) is 19.1 Å². The maximum atomic E-state index is 13.8. The molecule has 0 fully saturated rings. The summed E-state index contributed by atoms with van der Waals surface area (Å²) in [5.74, 6) is -0.593. The fraction of sp³-hybridized carbons (Fsp3) is 0.333. The highest BCUT2D eigenvalue weighted by Gasteiger charge is 2.28. The molecule has 7 heteroatoms. The van der Waals surface area contributed by atoms with Crippen molar-refractivity contribution in [3.8, 4) is 11.5 Å². The largest absolute Gasteiger partial charge is 0.497 e. The molecule has 6 nitrogen and oxygen atoms in total. The molecule has 1 atom stereocenters. The number of amides is 2. The Morgan fingerprint density at radius 2 is 1.93 bits per heavy atom. The number of hydrogen-bond acceptors (Lipinski definition) is 4. The summed E-state index contributed by atoms with van der Waals surface area (Å²) < 4.78 is 24.3. The second-order valence-electron chi connectivity index (χ2n) is 6.13. The first-order valence-corrected chi connectivity index (χ1v) is 9.01. The Labute approximate surface area is 164 Å². The molecule has 0 unspecified atom stereocenters. The monoisotopic (exact) mass is 388 g/mol. The second-order valence-corrected chi connectivity index (χ2v) is 6.13. The Kier molecular flexibility index (Phi) is 7.80. The number of hydrogen-bond donors (Lipinski definition) is 1. The van der Waals surface area contributed by atoms with Crippen molar-refractivity contribution >= 4 is 11.8 Å². The fourth-order valence-corrected chi connectivity index (χ4v) is 2.84. The molecule has 0 saturated carbocycles. The smallest absolute Gasteiger partial charge is 0.261 e. The van der Waals surface area contributed by atoms with Crippen molar-refractivity contribution < 1.29 is 23.5 Å². The minimum Gasteiger partial charge on any atom is -0.497 e. The Hall–Kier alpha value is -3.09. The van der Waals surface area contributed by atoms with Gasteiger partial charge in [-0.05, 0) is 36.2 Å². The summed E-state index contributed by atoms with van der Waals surface area (Å²) in [4.78, 5) is 26.6. The van der Waals surface area contributed by atoms with Gasteiger partial charge in [0.1, 0.15) is 11.8 Å². The van der Waals surface area contributed by atoms with Gasteiger partial charge in [0, 0.05) is 13.6 Å². The Morgan fingerprint density at radius 3 is 2.57 bits per heavy atom. The Morgan fingerprint density at radius 1 is 1.18 bits per heavy atom. The summed E-state index contributed by atoms with van der Waals surface area (Å²) in [5, 5.41) is 2.58. The highest BCUT2D eigenvalue weighted by molar-refractivity contribution is 5.88. The lowest BCUT2D eigenvalue weighted by molar-refractivity contribution is -0.142. The maximum absolute atomic E-state index is 13.8. The molecule has 0 bridgehead atoms. The van der Waals surface area contributed by atoms with Crippen LogP contribution in [-0.2, 0) is 16.1 Å². The van der Waals surface area contributed by atoms with E-state index in [1.165, 1.54) is 30.1 Å². The molecule has 2 amide bonds. The Bertz CT molecular complexity index is 812. The summed E-state index contributed by atoms with van der Waals surface area (Å²) >= 11 is 0. The van der Waals surface area contributed by atoms with E-state index in [1.54, 1.807) is 25.3 Å². The molecule has 0 saturated heterocycles. The average molecular weight is 388 g/mol. The molecule has 0 aliphatic heterocycles. The summed E-state index contributed by atoms with van der Waals surface area (Å²) in [6.07, 6.45) is 0.426. The van der Waals surface area contributed by atoms with Crippen LogP contribution in [0.15, 0.2) is 48.5 Å². The highest BCUT2D eigenvalue weighted by Crippen LogP contribution is 2.19. The van der Waals surface area contributed by atoms with Gasteiger partial charge in [0.15, 0.2) is 18.2 Å². The van der Waals surface area contributed by atoms with Crippen molar-refractivity contribution in [2.75, 3.05) is 20.8 Å². The van der Waals surface area contributed by atoms with E-state index in [0.29, 0.717) is 12.2 Å². The van der Waals surface area contributed by atoms with Crippen LogP contribution in [0.4, 0.5) is 4.39 Å². The van der Waals surface area contributed by atoms with Gasteiger partial charge >= 0.3 is 0 Å². The molecular weight excluding hydrogens is 363 g/mol. The van der Waals surface area contributed by atoms with Crippen LogP contribution in [0.2, 0.25) is 0 Å². The maximum Gasteiger partial charge on any atom is 0.261 e. The molecule has 0 aliphatic carbocycles. The molecule has 0 aromatic heterocycles. The van der Waals surface area contributed by atoms with Crippen LogP contribution >= 0.6 is 0 Å². The van der Waals surface area contributed by atoms with Crippen LogP contribution in [0.3, 0.4) is 0 Å². The molecule has 1 N–H and O–H groups in total. The van der Waals surface area contributed by atoms with Crippen LogP contribution in [-0.4, -0.2) is 43.5 Å². The van der Waals surface area contributed by atoms with Crippen molar-refractivity contribution in [1.82, 2.24) is 10.2 Å². The molecule has 0 aliphatic rings. The molecule has 2 aromatic rings. The summed E-state index contributed by atoms with van der Waals surface area (Å²) in [6, 6.07) is 12.5. The fourth-order valence-electron chi connectivity index (χ4n) is 2.84. The van der Waals surface area contributed by atoms with E-state index in [9.17, 15) is 14.0 Å². The van der Waals surface area contributed by atoms with Crippen molar-refractivity contribution in [3.63, 3.8) is 0 Å². The van der Waals surface area contributed by atoms with E-state index in [4.69, 9.17) is 9.47 Å². The predicted molar refractivity (Wildman–Crippen MR) is 104 cm³/mol. The number of halogens is 1. The molecule has 0 radical (unpaired) electrons. The van der Waals surface area contributed by atoms with Crippen molar-refractivity contribution in [1.29, 1.82) is 0 Å². The first-order chi connectivity index (χ1) is 13.5. The minimum atomic E-state index is -0.673. The summed E-state index contributed by atoms with van der Waals surface area (Å²) in [7, 11) is 3.08. The van der Waals surface area contributed by atoms with Gasteiger partial charge in [-0.1, -0.05) is 31.2 Å². The first kappa shape index (κ1) is 21.2. The quantitative estimate of drug-likeness (QED) is 0.717. The summed E-state index contributed by atoms with van der Waals surface area (Å²) in [6.45, 7) is 1.64. The number of rotatable bonds is 9. The third kappa shape index (κ3) is 5.45. The zero-order valence-corrected chi connectivity index (χ0v) is 16.3. The van der Waals surface area contributed by atoms with Gasteiger partial charge in [-0.3, -0.25) is 9.59 Å². The second kappa shape index (κ2) is 10.3. The van der Waals surface area contributed by atoms with Crippen molar-refractivity contribution in [3.05, 3.63) is 59.9 Å². The normalized spacial score (nSPS) is 11.4. The minimum absolute atomic E-state index is 0.00910. The lowest BCUT2D eigenvalue weighted by Gasteiger charge is -2.30. The van der Waals surface area contributed by atoms with E-state index >= 15 is 0 Å². The number of para-hydroxylation sites is 1. The molecule has 0 heterocycles. The van der Waals surface area contributed by atoms with Crippen molar-refractivity contribution in [2.45, 2.75) is 25.9 Å². The van der Waals surface area contributed by atoms with Gasteiger partial charge in [0.25, 0.3) is 5.91 Å². The zero-order valence-electron chi connectivity index (χ0n) is 16.3. The Balaban J connectivity index is 2.22. The highest BCUT2D eigenvalue weighted by atomic mass is 19.1. The lowest BCUT2D eigenvalue weighted by Crippen LogP contribution is -2.49.